The SMILES string of the molecule is COc1ccc(C[C@H](NC(=O)[C@H](C)NC(=O)CN2CCOCC2)C(=O)N[C@@H](C[C@H]2CC3C[C@H]3C2)C(=O)[C@@]2(C)CO2)cc1. The van der Waals surface area contributed by atoms with Crippen molar-refractivity contribution in [3.8, 4) is 5.75 Å². The highest BCUT2D eigenvalue weighted by atomic mass is 16.6. The highest BCUT2D eigenvalue weighted by molar-refractivity contribution is 5.98. The van der Waals surface area contributed by atoms with Crippen LogP contribution >= 0.6 is 0 Å². The number of carbonyl (C=O) groups is 4. The third kappa shape index (κ3) is 7.87. The van der Waals surface area contributed by atoms with Gasteiger partial charge in [-0.3, -0.25) is 24.1 Å². The first-order valence-corrected chi connectivity index (χ1v) is 15.1. The highest BCUT2D eigenvalue weighted by Gasteiger charge is 2.52. The van der Waals surface area contributed by atoms with Crippen LogP contribution in [0.5, 0.6) is 5.75 Å². The molecule has 4 aliphatic rings. The summed E-state index contributed by atoms with van der Waals surface area (Å²) < 4.78 is 16.0. The number of nitrogens with zero attached hydrogens (tertiary/aromatic N) is 1. The van der Waals surface area contributed by atoms with E-state index in [4.69, 9.17) is 14.2 Å². The number of carbonyl (C=O) groups excluding carboxylic acids is 4. The van der Waals surface area contributed by atoms with Gasteiger partial charge in [0.25, 0.3) is 0 Å². The van der Waals surface area contributed by atoms with Gasteiger partial charge >= 0.3 is 0 Å². The molecule has 1 aromatic rings. The van der Waals surface area contributed by atoms with Gasteiger partial charge < -0.3 is 30.2 Å². The standard InChI is InChI=1S/C31H44N4O7/c1-19(32-27(36)17-35-8-10-41-11-9-35)29(38)34-26(14-20-4-6-24(40-3)7-5-20)30(39)33-25(28(37)31(2)18-42-31)15-21-12-22-16-23(22)13-21/h4-7,19,21-23,25-26H,8-18H2,1-3H3,(H,32,36)(H,33,39)(H,34,38)/t19-,21-,22?,23+,25-,26-,31+/m0/s1. The average molecular weight is 585 g/mol. The zero-order valence-electron chi connectivity index (χ0n) is 24.9. The summed E-state index contributed by atoms with van der Waals surface area (Å²) >= 11 is 0. The van der Waals surface area contributed by atoms with Crippen LogP contribution in [0, 0.1) is 17.8 Å². The summed E-state index contributed by atoms with van der Waals surface area (Å²) in [5, 5.41) is 8.57. The molecule has 4 fully saturated rings. The minimum absolute atomic E-state index is 0.116. The van der Waals surface area contributed by atoms with E-state index in [2.05, 4.69) is 16.0 Å². The molecule has 2 saturated heterocycles. The molecule has 2 heterocycles. The first kappa shape index (κ1) is 30.4. The maximum Gasteiger partial charge on any atom is 0.243 e. The number of nitrogens with one attached hydrogen (secondary N) is 3. The first-order chi connectivity index (χ1) is 20.1. The number of hydrogen-bond donors (Lipinski definition) is 3. The number of morpholine rings is 1. The quantitative estimate of drug-likeness (QED) is 0.274. The van der Waals surface area contributed by atoms with Crippen molar-refractivity contribution in [1.82, 2.24) is 20.9 Å². The summed E-state index contributed by atoms with van der Waals surface area (Å²) in [7, 11) is 1.58. The normalized spacial score (nSPS) is 28.5. The Morgan fingerprint density at radius 3 is 2.24 bits per heavy atom. The van der Waals surface area contributed by atoms with Crippen molar-refractivity contribution in [3.05, 3.63) is 29.8 Å². The van der Waals surface area contributed by atoms with E-state index in [1.807, 2.05) is 17.0 Å². The van der Waals surface area contributed by atoms with E-state index in [0.29, 0.717) is 51.0 Å². The van der Waals surface area contributed by atoms with Crippen molar-refractivity contribution in [2.75, 3.05) is 46.6 Å². The largest absolute Gasteiger partial charge is 0.497 e. The lowest BCUT2D eigenvalue weighted by atomic mass is 9.89. The second kappa shape index (κ2) is 13.1. The molecule has 5 rings (SSSR count). The van der Waals surface area contributed by atoms with Crippen molar-refractivity contribution >= 4 is 23.5 Å². The summed E-state index contributed by atoms with van der Waals surface area (Å²) in [6.07, 6.45) is 4.25. The second-order valence-corrected chi connectivity index (χ2v) is 12.6. The molecule has 2 aliphatic heterocycles. The fraction of sp³-hybridized carbons (Fsp3) is 0.677. The number of epoxide rings is 1. The van der Waals surface area contributed by atoms with Crippen LogP contribution in [0.4, 0.5) is 0 Å². The number of fused-ring (bicyclic) bond motifs is 1. The van der Waals surface area contributed by atoms with Gasteiger partial charge in [-0.05, 0) is 75.0 Å². The maximum atomic E-state index is 13.8. The van der Waals surface area contributed by atoms with E-state index in [0.717, 1.165) is 30.2 Å². The van der Waals surface area contributed by atoms with E-state index in [9.17, 15) is 19.2 Å². The topological polar surface area (TPSA) is 139 Å². The number of rotatable bonds is 14. The zero-order chi connectivity index (χ0) is 29.9. The molecule has 3 N–H and O–H groups in total. The predicted octanol–water partition coefficient (Wildman–Crippen LogP) is 0.838. The van der Waals surface area contributed by atoms with Gasteiger partial charge in [-0.2, -0.15) is 0 Å². The van der Waals surface area contributed by atoms with Gasteiger partial charge in [0.1, 0.15) is 23.4 Å². The smallest absolute Gasteiger partial charge is 0.243 e. The average Bonchev–Trinajstić information content (AvgIpc) is 3.88. The molecule has 2 saturated carbocycles. The number of benzene rings is 1. The fourth-order valence-electron chi connectivity index (χ4n) is 6.31. The number of ketones is 1. The minimum atomic E-state index is -0.954. The van der Waals surface area contributed by atoms with Crippen LogP contribution in [-0.2, 0) is 35.1 Å². The van der Waals surface area contributed by atoms with Crippen LogP contribution in [-0.4, -0.2) is 98.7 Å². The molecule has 7 atom stereocenters. The Labute approximate surface area is 247 Å². The number of amides is 3. The Morgan fingerprint density at radius 1 is 0.976 bits per heavy atom. The van der Waals surface area contributed by atoms with Gasteiger partial charge in [0.2, 0.25) is 17.7 Å². The van der Waals surface area contributed by atoms with Crippen molar-refractivity contribution in [1.29, 1.82) is 0 Å². The van der Waals surface area contributed by atoms with E-state index in [1.54, 1.807) is 33.1 Å². The number of Topliss-reactive ketones (excluding diaryl/α,β-unsaturated/α-hetero) is 1. The Balaban J connectivity index is 1.25. The van der Waals surface area contributed by atoms with Crippen molar-refractivity contribution < 1.29 is 33.4 Å². The monoisotopic (exact) mass is 584 g/mol. The molecule has 11 nitrogen and oxygen atoms in total. The molecule has 1 unspecified atom stereocenters. The van der Waals surface area contributed by atoms with Crippen molar-refractivity contribution in [2.24, 2.45) is 17.8 Å². The summed E-state index contributed by atoms with van der Waals surface area (Å²) in [4.78, 5) is 55.0. The van der Waals surface area contributed by atoms with Crippen molar-refractivity contribution in [2.45, 2.75) is 69.7 Å². The molecule has 3 amide bonds. The lowest BCUT2D eigenvalue weighted by Gasteiger charge is -2.28. The van der Waals surface area contributed by atoms with Gasteiger partial charge in [-0.15, -0.1) is 0 Å². The molecule has 0 aromatic heterocycles. The molecule has 0 bridgehead atoms. The highest BCUT2D eigenvalue weighted by Crippen LogP contribution is 2.55. The van der Waals surface area contributed by atoms with Crippen molar-refractivity contribution in [3.63, 3.8) is 0 Å². The summed E-state index contributed by atoms with van der Waals surface area (Å²) in [5.41, 5.74) is -0.0514. The molecule has 1 aromatic carbocycles. The van der Waals surface area contributed by atoms with Gasteiger partial charge in [-0.25, -0.2) is 0 Å². The fourth-order valence-corrected chi connectivity index (χ4v) is 6.31. The summed E-state index contributed by atoms with van der Waals surface area (Å²) in [6, 6.07) is 4.77. The zero-order valence-corrected chi connectivity index (χ0v) is 24.9. The predicted molar refractivity (Wildman–Crippen MR) is 154 cm³/mol. The van der Waals surface area contributed by atoms with Crippen LogP contribution in [0.25, 0.3) is 0 Å². The molecule has 2 aliphatic carbocycles. The lowest BCUT2D eigenvalue weighted by molar-refractivity contribution is -0.134. The van der Waals surface area contributed by atoms with E-state index < -0.39 is 35.5 Å². The Bertz CT molecular complexity index is 1140. The van der Waals surface area contributed by atoms with Gasteiger partial charge in [0.15, 0.2) is 5.78 Å². The summed E-state index contributed by atoms with van der Waals surface area (Å²) in [5.74, 6) is 1.29. The first-order valence-electron chi connectivity index (χ1n) is 15.1. The number of ether oxygens (including phenoxy) is 3. The molecule has 0 radical (unpaired) electrons. The maximum absolute atomic E-state index is 13.8. The molecule has 42 heavy (non-hydrogen) atoms. The van der Waals surface area contributed by atoms with Crippen LogP contribution in [0.2, 0.25) is 0 Å². The van der Waals surface area contributed by atoms with Crippen LogP contribution < -0.4 is 20.7 Å². The third-order valence-corrected chi connectivity index (χ3v) is 9.12. The Hall–Kier alpha value is -3.02. The van der Waals surface area contributed by atoms with E-state index in [1.165, 1.54) is 6.42 Å². The van der Waals surface area contributed by atoms with Crippen LogP contribution in [0.1, 0.15) is 45.1 Å². The molecule has 11 heteroatoms. The molecule has 230 valence electrons. The minimum Gasteiger partial charge on any atom is -0.497 e. The van der Waals surface area contributed by atoms with E-state index >= 15 is 0 Å². The molecule has 0 spiro atoms. The molecular formula is C31H44N4O7. The van der Waals surface area contributed by atoms with E-state index in [-0.39, 0.29) is 24.7 Å². The third-order valence-electron chi connectivity index (χ3n) is 9.12. The Kier molecular flexibility index (Phi) is 9.49. The van der Waals surface area contributed by atoms with Gasteiger partial charge in [-0.1, -0.05) is 12.1 Å². The molecular weight excluding hydrogens is 540 g/mol. The number of methoxy groups -OCH3 is 1. The Morgan fingerprint density at radius 2 is 1.62 bits per heavy atom. The van der Waals surface area contributed by atoms with Gasteiger partial charge in [0.05, 0.1) is 39.5 Å². The second-order valence-electron chi connectivity index (χ2n) is 12.6. The lowest BCUT2D eigenvalue weighted by Crippen LogP contribution is -2.57. The van der Waals surface area contributed by atoms with Gasteiger partial charge in [0, 0.05) is 19.5 Å². The summed E-state index contributed by atoms with van der Waals surface area (Å²) in [6.45, 7) is 6.33. The van der Waals surface area contributed by atoms with Crippen LogP contribution in [0.15, 0.2) is 24.3 Å². The number of hydrogen-bond acceptors (Lipinski definition) is 8. The van der Waals surface area contributed by atoms with Crippen LogP contribution in [0.3, 0.4) is 0 Å².